The number of benzene rings is 1. The highest BCUT2D eigenvalue weighted by molar-refractivity contribution is 5.94. The van der Waals surface area contributed by atoms with E-state index in [1.54, 1.807) is 12.4 Å². The third kappa shape index (κ3) is 4.59. The zero-order chi connectivity index (χ0) is 19.3. The van der Waals surface area contributed by atoms with Crippen molar-refractivity contribution in [1.82, 2.24) is 19.7 Å². The van der Waals surface area contributed by atoms with Crippen LogP contribution in [0, 0.1) is 5.92 Å². The van der Waals surface area contributed by atoms with Crippen LogP contribution >= 0.6 is 0 Å². The van der Waals surface area contributed by atoms with Gasteiger partial charge >= 0.3 is 0 Å². The van der Waals surface area contributed by atoms with E-state index in [2.05, 4.69) is 26.7 Å². The Balaban J connectivity index is 1.36. The molecular formula is C23H30N4O. The SMILES string of the molecule is CN1CCN(CC2CCCN(C(=O)c3ccc(-c4ccncc4)cc3)C2)CC1. The summed E-state index contributed by atoms with van der Waals surface area (Å²) >= 11 is 0. The minimum atomic E-state index is 0.171. The average Bonchev–Trinajstić information content (AvgIpc) is 2.76. The average molecular weight is 379 g/mol. The molecule has 1 aromatic heterocycles. The van der Waals surface area contributed by atoms with Gasteiger partial charge < -0.3 is 14.7 Å². The fourth-order valence-electron chi connectivity index (χ4n) is 4.33. The molecule has 0 spiro atoms. The van der Waals surface area contributed by atoms with Crippen LogP contribution in [0.25, 0.3) is 11.1 Å². The number of aromatic nitrogens is 1. The first-order chi connectivity index (χ1) is 13.7. The Labute approximate surface area is 168 Å². The molecule has 28 heavy (non-hydrogen) atoms. The molecule has 3 heterocycles. The molecule has 1 atom stereocenters. The van der Waals surface area contributed by atoms with Gasteiger partial charge in [0, 0.05) is 63.8 Å². The van der Waals surface area contributed by atoms with Crippen LogP contribution in [0.1, 0.15) is 23.2 Å². The van der Waals surface area contributed by atoms with E-state index in [0.29, 0.717) is 5.92 Å². The standard InChI is InChI=1S/C23H30N4O/c1-25-13-15-26(16-14-25)17-19-3-2-12-27(18-19)23(28)22-6-4-20(5-7-22)21-8-10-24-11-9-21/h4-11,19H,2-3,12-18H2,1H3. The molecule has 4 rings (SSSR count). The van der Waals surface area contributed by atoms with E-state index < -0.39 is 0 Å². The third-order valence-electron chi connectivity index (χ3n) is 6.06. The maximum atomic E-state index is 13.0. The Kier molecular flexibility index (Phi) is 6.03. The minimum Gasteiger partial charge on any atom is -0.338 e. The van der Waals surface area contributed by atoms with Gasteiger partial charge in [0.25, 0.3) is 5.91 Å². The second-order valence-electron chi connectivity index (χ2n) is 8.18. The number of carbonyl (C=O) groups is 1. The normalized spacial score (nSPS) is 21.6. The second kappa shape index (κ2) is 8.84. The summed E-state index contributed by atoms with van der Waals surface area (Å²) in [5.74, 6) is 0.765. The first-order valence-corrected chi connectivity index (χ1v) is 10.4. The molecule has 0 bridgehead atoms. The van der Waals surface area contributed by atoms with Gasteiger partial charge in [0.05, 0.1) is 0 Å². The lowest BCUT2D eigenvalue weighted by molar-refractivity contribution is 0.0609. The monoisotopic (exact) mass is 378 g/mol. The van der Waals surface area contributed by atoms with Gasteiger partial charge in [-0.05, 0) is 61.2 Å². The van der Waals surface area contributed by atoms with Crippen LogP contribution in [0.4, 0.5) is 0 Å². The van der Waals surface area contributed by atoms with E-state index in [9.17, 15) is 4.79 Å². The molecule has 2 aliphatic heterocycles. The van der Waals surface area contributed by atoms with E-state index in [-0.39, 0.29) is 5.91 Å². The van der Waals surface area contributed by atoms with E-state index in [1.807, 2.05) is 36.4 Å². The predicted molar refractivity (Wildman–Crippen MR) is 112 cm³/mol. The summed E-state index contributed by atoms with van der Waals surface area (Å²) in [6.07, 6.45) is 5.93. The van der Waals surface area contributed by atoms with Crippen molar-refractivity contribution in [2.45, 2.75) is 12.8 Å². The first-order valence-electron chi connectivity index (χ1n) is 10.4. The number of nitrogens with zero attached hydrogens (tertiary/aromatic N) is 4. The molecule has 0 radical (unpaired) electrons. The number of amides is 1. The summed E-state index contributed by atoms with van der Waals surface area (Å²) in [6.45, 7) is 7.49. The van der Waals surface area contributed by atoms with Crippen LogP contribution in [0.3, 0.4) is 0 Å². The van der Waals surface area contributed by atoms with Crippen molar-refractivity contribution >= 4 is 5.91 Å². The molecule has 2 saturated heterocycles. The predicted octanol–water partition coefficient (Wildman–Crippen LogP) is 2.85. The number of likely N-dealkylation sites (tertiary alicyclic amines) is 1. The molecule has 2 aliphatic rings. The number of piperazine rings is 1. The maximum absolute atomic E-state index is 13.0. The van der Waals surface area contributed by atoms with Crippen molar-refractivity contribution in [3.05, 3.63) is 54.4 Å². The van der Waals surface area contributed by atoms with E-state index in [4.69, 9.17) is 0 Å². The molecule has 1 unspecified atom stereocenters. The van der Waals surface area contributed by atoms with Crippen molar-refractivity contribution in [2.75, 3.05) is 52.9 Å². The molecule has 148 valence electrons. The van der Waals surface area contributed by atoms with Crippen LogP contribution in [0.15, 0.2) is 48.8 Å². The Morgan fingerprint density at radius 2 is 1.64 bits per heavy atom. The number of pyridine rings is 1. The summed E-state index contributed by atoms with van der Waals surface area (Å²) in [5, 5.41) is 0. The zero-order valence-corrected chi connectivity index (χ0v) is 16.8. The van der Waals surface area contributed by atoms with E-state index >= 15 is 0 Å². The molecule has 0 saturated carbocycles. The highest BCUT2D eigenvalue weighted by Crippen LogP contribution is 2.22. The quantitative estimate of drug-likeness (QED) is 0.820. The van der Waals surface area contributed by atoms with Gasteiger partial charge in [0.15, 0.2) is 0 Å². The molecule has 5 nitrogen and oxygen atoms in total. The number of likely N-dealkylation sites (N-methyl/N-ethyl adjacent to an activating group) is 1. The van der Waals surface area contributed by atoms with Gasteiger partial charge in [-0.1, -0.05) is 12.1 Å². The van der Waals surface area contributed by atoms with Crippen molar-refractivity contribution in [2.24, 2.45) is 5.92 Å². The smallest absolute Gasteiger partial charge is 0.253 e. The maximum Gasteiger partial charge on any atom is 0.253 e. The van der Waals surface area contributed by atoms with E-state index in [1.165, 1.54) is 6.42 Å². The molecule has 2 fully saturated rings. The highest BCUT2D eigenvalue weighted by atomic mass is 16.2. The molecule has 0 aliphatic carbocycles. The second-order valence-corrected chi connectivity index (χ2v) is 8.18. The number of carbonyl (C=O) groups excluding carboxylic acids is 1. The molecule has 1 aromatic carbocycles. The highest BCUT2D eigenvalue weighted by Gasteiger charge is 2.26. The third-order valence-corrected chi connectivity index (χ3v) is 6.06. The summed E-state index contributed by atoms with van der Waals surface area (Å²) in [7, 11) is 2.19. The first kappa shape index (κ1) is 19.1. The van der Waals surface area contributed by atoms with Crippen LogP contribution in [0.5, 0.6) is 0 Å². The summed E-state index contributed by atoms with van der Waals surface area (Å²) in [5.41, 5.74) is 3.03. The van der Waals surface area contributed by atoms with Gasteiger partial charge in [-0.25, -0.2) is 0 Å². The Morgan fingerprint density at radius 1 is 0.964 bits per heavy atom. The van der Waals surface area contributed by atoms with Gasteiger partial charge in [0.1, 0.15) is 0 Å². The van der Waals surface area contributed by atoms with Gasteiger partial charge in [0.2, 0.25) is 0 Å². The molecule has 1 amide bonds. The Bertz CT molecular complexity index is 769. The lowest BCUT2D eigenvalue weighted by atomic mass is 9.96. The van der Waals surface area contributed by atoms with Crippen molar-refractivity contribution in [3.8, 4) is 11.1 Å². The van der Waals surface area contributed by atoms with Crippen molar-refractivity contribution in [1.29, 1.82) is 0 Å². The summed E-state index contributed by atoms with van der Waals surface area (Å²) in [4.78, 5) is 24.1. The molecule has 5 heteroatoms. The van der Waals surface area contributed by atoms with Crippen LogP contribution in [-0.4, -0.2) is 78.5 Å². The van der Waals surface area contributed by atoms with Gasteiger partial charge in [-0.2, -0.15) is 0 Å². The molecule has 2 aromatic rings. The molecule has 0 N–H and O–H groups in total. The van der Waals surface area contributed by atoms with Crippen LogP contribution < -0.4 is 0 Å². The number of hydrogen-bond donors (Lipinski definition) is 0. The lowest BCUT2D eigenvalue weighted by Gasteiger charge is -2.38. The summed E-state index contributed by atoms with van der Waals surface area (Å²) < 4.78 is 0. The number of hydrogen-bond acceptors (Lipinski definition) is 4. The summed E-state index contributed by atoms with van der Waals surface area (Å²) in [6, 6.07) is 12.0. The fourth-order valence-corrected chi connectivity index (χ4v) is 4.33. The Hall–Kier alpha value is -2.24. The fraction of sp³-hybridized carbons (Fsp3) is 0.478. The minimum absolute atomic E-state index is 0.171. The van der Waals surface area contributed by atoms with Crippen LogP contribution in [-0.2, 0) is 0 Å². The lowest BCUT2D eigenvalue weighted by Crippen LogP contribution is -2.49. The van der Waals surface area contributed by atoms with Crippen molar-refractivity contribution < 1.29 is 4.79 Å². The largest absolute Gasteiger partial charge is 0.338 e. The van der Waals surface area contributed by atoms with Crippen molar-refractivity contribution in [3.63, 3.8) is 0 Å². The van der Waals surface area contributed by atoms with E-state index in [0.717, 1.165) is 68.9 Å². The van der Waals surface area contributed by atoms with Gasteiger partial charge in [-0.3, -0.25) is 9.78 Å². The number of piperidine rings is 1. The van der Waals surface area contributed by atoms with Gasteiger partial charge in [-0.15, -0.1) is 0 Å². The molecular weight excluding hydrogens is 348 g/mol. The zero-order valence-electron chi connectivity index (χ0n) is 16.8. The Morgan fingerprint density at radius 3 is 2.36 bits per heavy atom. The van der Waals surface area contributed by atoms with Crippen LogP contribution in [0.2, 0.25) is 0 Å². The topological polar surface area (TPSA) is 39.7 Å². The number of rotatable bonds is 4.